The van der Waals surface area contributed by atoms with Crippen molar-refractivity contribution < 1.29 is 4.79 Å². The van der Waals surface area contributed by atoms with Crippen molar-refractivity contribution in [2.75, 3.05) is 25.0 Å². The van der Waals surface area contributed by atoms with Crippen LogP contribution >= 0.6 is 0 Å². The minimum absolute atomic E-state index is 0.112. The molecule has 0 saturated carbocycles. The van der Waals surface area contributed by atoms with Crippen molar-refractivity contribution in [3.63, 3.8) is 0 Å². The molecule has 0 aliphatic rings. The van der Waals surface area contributed by atoms with Crippen LogP contribution in [0.3, 0.4) is 0 Å². The Kier molecular flexibility index (Phi) is 4.91. The Labute approximate surface area is 141 Å². The molecule has 1 aromatic heterocycles. The summed E-state index contributed by atoms with van der Waals surface area (Å²) in [6.45, 7) is 1.31. The zero-order valence-corrected chi connectivity index (χ0v) is 13.6. The molecule has 0 atom stereocenters. The van der Waals surface area contributed by atoms with E-state index < -0.39 is 0 Å². The Hall–Kier alpha value is -3.08. The van der Waals surface area contributed by atoms with E-state index in [1.165, 1.54) is 0 Å². The van der Waals surface area contributed by atoms with Gasteiger partial charge in [0.05, 0.1) is 17.4 Å². The van der Waals surface area contributed by atoms with E-state index in [0.717, 1.165) is 17.9 Å². The lowest BCUT2D eigenvalue weighted by atomic mass is 10.3. The van der Waals surface area contributed by atoms with Crippen LogP contribution in [-0.2, 0) is 0 Å². The first-order valence-corrected chi connectivity index (χ1v) is 7.88. The molecule has 1 heterocycles. The third-order valence-corrected chi connectivity index (χ3v) is 3.80. The van der Waals surface area contributed by atoms with Gasteiger partial charge in [0.2, 0.25) is 0 Å². The molecule has 5 heteroatoms. The second kappa shape index (κ2) is 7.46. The molecule has 3 aromatic rings. The van der Waals surface area contributed by atoms with Gasteiger partial charge in [-0.1, -0.05) is 36.4 Å². The highest BCUT2D eigenvalue weighted by Crippen LogP contribution is 2.10. The maximum absolute atomic E-state index is 12.2. The number of aromatic nitrogens is 2. The normalized spacial score (nSPS) is 10.4. The van der Waals surface area contributed by atoms with Gasteiger partial charge in [-0.25, -0.2) is 4.68 Å². The molecule has 0 aliphatic carbocycles. The lowest BCUT2D eigenvalue weighted by molar-refractivity contribution is 0.0954. The Morgan fingerprint density at radius 3 is 2.46 bits per heavy atom. The highest BCUT2D eigenvalue weighted by molar-refractivity contribution is 5.93. The SMILES string of the molecule is CN(CCNC(=O)c1cnn(-c2ccccc2)c1)c1ccccc1. The van der Waals surface area contributed by atoms with Gasteiger partial charge in [0, 0.05) is 32.0 Å². The summed E-state index contributed by atoms with van der Waals surface area (Å²) in [6.07, 6.45) is 3.33. The number of hydrogen-bond donors (Lipinski definition) is 1. The molecule has 0 unspecified atom stereocenters. The number of likely N-dealkylation sites (N-methyl/N-ethyl adjacent to an activating group) is 1. The van der Waals surface area contributed by atoms with E-state index in [9.17, 15) is 4.79 Å². The van der Waals surface area contributed by atoms with Gasteiger partial charge in [0.25, 0.3) is 5.91 Å². The summed E-state index contributed by atoms with van der Waals surface area (Å²) in [5, 5.41) is 7.17. The first-order valence-electron chi connectivity index (χ1n) is 7.88. The number of nitrogens with zero attached hydrogens (tertiary/aromatic N) is 3. The molecule has 24 heavy (non-hydrogen) atoms. The van der Waals surface area contributed by atoms with Gasteiger partial charge in [-0.3, -0.25) is 4.79 Å². The topological polar surface area (TPSA) is 50.2 Å². The number of anilines is 1. The summed E-state index contributed by atoms with van der Waals surface area (Å²) < 4.78 is 1.70. The van der Waals surface area contributed by atoms with Crippen LogP contribution in [-0.4, -0.2) is 35.8 Å². The Morgan fingerprint density at radius 2 is 1.75 bits per heavy atom. The number of carbonyl (C=O) groups is 1. The van der Waals surface area contributed by atoms with E-state index >= 15 is 0 Å². The van der Waals surface area contributed by atoms with E-state index in [1.54, 1.807) is 17.1 Å². The van der Waals surface area contributed by atoms with Gasteiger partial charge < -0.3 is 10.2 Å². The van der Waals surface area contributed by atoms with Crippen molar-refractivity contribution in [1.82, 2.24) is 15.1 Å². The molecule has 2 aromatic carbocycles. The van der Waals surface area contributed by atoms with E-state index in [4.69, 9.17) is 0 Å². The Morgan fingerprint density at radius 1 is 1.08 bits per heavy atom. The van der Waals surface area contributed by atoms with Crippen LogP contribution in [0.2, 0.25) is 0 Å². The lowest BCUT2D eigenvalue weighted by Crippen LogP contribution is -2.32. The van der Waals surface area contributed by atoms with Crippen molar-refractivity contribution in [1.29, 1.82) is 0 Å². The quantitative estimate of drug-likeness (QED) is 0.760. The molecule has 0 bridgehead atoms. The molecule has 0 radical (unpaired) electrons. The summed E-state index contributed by atoms with van der Waals surface area (Å²) in [5.41, 5.74) is 2.62. The number of rotatable bonds is 6. The standard InChI is InChI=1S/C19H20N4O/c1-22(17-8-4-2-5-9-17)13-12-20-19(24)16-14-21-23(15-16)18-10-6-3-7-11-18/h2-11,14-15H,12-13H2,1H3,(H,20,24). The molecule has 0 saturated heterocycles. The van der Waals surface area contributed by atoms with Crippen molar-refractivity contribution >= 4 is 11.6 Å². The van der Waals surface area contributed by atoms with Crippen LogP contribution in [0.15, 0.2) is 73.1 Å². The minimum Gasteiger partial charge on any atom is -0.373 e. The number of carbonyl (C=O) groups excluding carboxylic acids is 1. The van der Waals surface area contributed by atoms with Gasteiger partial charge in [0.15, 0.2) is 0 Å². The lowest BCUT2D eigenvalue weighted by Gasteiger charge is -2.19. The van der Waals surface area contributed by atoms with Crippen molar-refractivity contribution in [3.05, 3.63) is 78.6 Å². The molecular weight excluding hydrogens is 300 g/mol. The zero-order valence-electron chi connectivity index (χ0n) is 13.6. The maximum Gasteiger partial charge on any atom is 0.254 e. The van der Waals surface area contributed by atoms with Gasteiger partial charge in [-0.15, -0.1) is 0 Å². The van der Waals surface area contributed by atoms with Crippen molar-refractivity contribution in [3.8, 4) is 5.69 Å². The van der Waals surface area contributed by atoms with Crippen LogP contribution < -0.4 is 10.2 Å². The van der Waals surface area contributed by atoms with Crippen LogP contribution in [0.4, 0.5) is 5.69 Å². The molecular formula is C19H20N4O. The third kappa shape index (κ3) is 3.81. The molecule has 1 N–H and O–H groups in total. The zero-order chi connectivity index (χ0) is 16.8. The first-order chi connectivity index (χ1) is 11.7. The average Bonchev–Trinajstić information content (AvgIpc) is 3.13. The highest BCUT2D eigenvalue weighted by atomic mass is 16.1. The molecule has 0 spiro atoms. The van der Waals surface area contributed by atoms with Gasteiger partial charge in [-0.2, -0.15) is 5.10 Å². The second-order valence-corrected chi connectivity index (χ2v) is 5.52. The van der Waals surface area contributed by atoms with Crippen LogP contribution in [0.1, 0.15) is 10.4 Å². The van der Waals surface area contributed by atoms with E-state index in [2.05, 4.69) is 15.3 Å². The van der Waals surface area contributed by atoms with Crippen molar-refractivity contribution in [2.24, 2.45) is 0 Å². The predicted molar refractivity (Wildman–Crippen MR) is 95.6 cm³/mol. The summed E-state index contributed by atoms with van der Waals surface area (Å²) >= 11 is 0. The van der Waals surface area contributed by atoms with Crippen LogP contribution in [0, 0.1) is 0 Å². The second-order valence-electron chi connectivity index (χ2n) is 5.52. The number of amides is 1. The van der Waals surface area contributed by atoms with E-state index in [-0.39, 0.29) is 5.91 Å². The fraction of sp³-hybridized carbons (Fsp3) is 0.158. The maximum atomic E-state index is 12.2. The number of para-hydroxylation sites is 2. The summed E-state index contributed by atoms with van der Waals surface area (Å²) in [7, 11) is 2.01. The molecule has 0 fully saturated rings. The minimum atomic E-state index is -0.112. The summed E-state index contributed by atoms with van der Waals surface area (Å²) in [5.74, 6) is -0.112. The molecule has 3 rings (SSSR count). The number of nitrogens with one attached hydrogen (secondary N) is 1. The molecule has 1 amide bonds. The molecule has 0 aliphatic heterocycles. The van der Waals surface area contributed by atoms with E-state index in [0.29, 0.717) is 12.1 Å². The monoisotopic (exact) mass is 320 g/mol. The number of benzene rings is 2. The predicted octanol–water partition coefficient (Wildman–Crippen LogP) is 2.74. The Balaban J connectivity index is 1.53. The van der Waals surface area contributed by atoms with Crippen LogP contribution in [0.5, 0.6) is 0 Å². The van der Waals surface area contributed by atoms with Gasteiger partial charge >= 0.3 is 0 Å². The molecule has 122 valence electrons. The highest BCUT2D eigenvalue weighted by Gasteiger charge is 2.09. The Bertz CT molecular complexity index is 783. The smallest absolute Gasteiger partial charge is 0.254 e. The van der Waals surface area contributed by atoms with E-state index in [1.807, 2.05) is 67.7 Å². The third-order valence-electron chi connectivity index (χ3n) is 3.80. The summed E-state index contributed by atoms with van der Waals surface area (Å²) in [4.78, 5) is 14.3. The van der Waals surface area contributed by atoms with Crippen LogP contribution in [0.25, 0.3) is 5.69 Å². The largest absolute Gasteiger partial charge is 0.373 e. The average molecular weight is 320 g/mol. The summed E-state index contributed by atoms with van der Waals surface area (Å²) in [6, 6.07) is 19.8. The fourth-order valence-corrected chi connectivity index (χ4v) is 2.41. The van der Waals surface area contributed by atoms with Crippen molar-refractivity contribution in [2.45, 2.75) is 0 Å². The van der Waals surface area contributed by atoms with Gasteiger partial charge in [0.1, 0.15) is 0 Å². The fourth-order valence-electron chi connectivity index (χ4n) is 2.41. The first kappa shape index (κ1) is 15.8. The molecule has 5 nitrogen and oxygen atoms in total. The van der Waals surface area contributed by atoms with Gasteiger partial charge in [-0.05, 0) is 24.3 Å². The number of hydrogen-bond acceptors (Lipinski definition) is 3.